The number of ether oxygens (including phenoxy) is 1. The van der Waals surface area contributed by atoms with E-state index in [4.69, 9.17) is 0 Å². The summed E-state index contributed by atoms with van der Waals surface area (Å²) in [5, 5.41) is 4.83. The molecule has 3 heterocycles. The highest BCUT2D eigenvalue weighted by atomic mass is 32.1. The number of anilines is 2. The molecule has 2 amide bonds. The standard InChI is InChI=1S/C17H14N4O3S2/c1-20(17(23)24-2)11-5-3-10(4-6-11)18-14(22)13-9-12-15(26-13)19-16-21(12)7-8-25-16/h3-9H,1-2H3,(H,18,22). The van der Waals surface area contributed by atoms with Crippen molar-refractivity contribution in [2.24, 2.45) is 0 Å². The van der Waals surface area contributed by atoms with E-state index >= 15 is 0 Å². The van der Waals surface area contributed by atoms with E-state index in [0.29, 0.717) is 16.3 Å². The number of aromatic nitrogens is 2. The van der Waals surface area contributed by atoms with Crippen LogP contribution in [0.1, 0.15) is 9.67 Å². The molecule has 9 heteroatoms. The normalized spacial score (nSPS) is 11.0. The van der Waals surface area contributed by atoms with Crippen LogP contribution in [-0.2, 0) is 4.74 Å². The first-order valence-electron chi connectivity index (χ1n) is 7.65. The minimum atomic E-state index is -0.455. The maximum absolute atomic E-state index is 12.5. The van der Waals surface area contributed by atoms with E-state index < -0.39 is 6.09 Å². The fraction of sp³-hybridized carbons (Fsp3) is 0.118. The van der Waals surface area contributed by atoms with Crippen molar-refractivity contribution < 1.29 is 14.3 Å². The summed E-state index contributed by atoms with van der Waals surface area (Å²) in [4.78, 5) is 32.3. The second kappa shape index (κ2) is 6.43. The molecule has 0 aliphatic heterocycles. The smallest absolute Gasteiger partial charge is 0.413 e. The molecule has 132 valence electrons. The van der Waals surface area contributed by atoms with Crippen molar-refractivity contribution >= 4 is 61.4 Å². The third-order valence-electron chi connectivity index (χ3n) is 3.92. The molecule has 0 radical (unpaired) electrons. The average Bonchev–Trinajstić information content (AvgIpc) is 3.33. The van der Waals surface area contributed by atoms with E-state index in [-0.39, 0.29) is 5.91 Å². The summed E-state index contributed by atoms with van der Waals surface area (Å²) < 4.78 is 6.65. The highest BCUT2D eigenvalue weighted by Crippen LogP contribution is 2.29. The van der Waals surface area contributed by atoms with Crippen molar-refractivity contribution in [2.75, 3.05) is 24.4 Å². The van der Waals surface area contributed by atoms with Crippen molar-refractivity contribution in [1.82, 2.24) is 9.38 Å². The van der Waals surface area contributed by atoms with Crippen LogP contribution in [0.4, 0.5) is 16.2 Å². The number of benzene rings is 1. The van der Waals surface area contributed by atoms with Gasteiger partial charge in [0, 0.05) is 30.0 Å². The second-order valence-electron chi connectivity index (χ2n) is 5.50. The Morgan fingerprint density at radius 3 is 2.77 bits per heavy atom. The number of hydrogen-bond donors (Lipinski definition) is 1. The van der Waals surface area contributed by atoms with Crippen LogP contribution in [0.25, 0.3) is 15.3 Å². The number of hydrogen-bond acceptors (Lipinski definition) is 6. The number of fused-ring (bicyclic) bond motifs is 3. The molecule has 0 unspecified atom stereocenters. The topological polar surface area (TPSA) is 75.9 Å². The quantitative estimate of drug-likeness (QED) is 0.576. The van der Waals surface area contributed by atoms with Crippen molar-refractivity contribution in [1.29, 1.82) is 0 Å². The first kappa shape index (κ1) is 16.6. The molecule has 4 aromatic rings. The Labute approximate surface area is 156 Å². The molecule has 0 bridgehead atoms. The molecular weight excluding hydrogens is 372 g/mol. The van der Waals surface area contributed by atoms with Crippen LogP contribution in [0.15, 0.2) is 41.9 Å². The zero-order valence-corrected chi connectivity index (χ0v) is 15.6. The molecule has 4 rings (SSSR count). The average molecular weight is 386 g/mol. The summed E-state index contributed by atoms with van der Waals surface area (Å²) in [7, 11) is 2.95. The van der Waals surface area contributed by atoms with E-state index in [2.05, 4.69) is 15.0 Å². The number of carbonyl (C=O) groups excluding carboxylic acids is 2. The number of methoxy groups -OCH3 is 1. The Bertz CT molecular complexity index is 1110. The summed E-state index contributed by atoms with van der Waals surface area (Å²) in [6, 6.07) is 8.81. The largest absolute Gasteiger partial charge is 0.452 e. The van der Waals surface area contributed by atoms with Crippen molar-refractivity contribution in [2.45, 2.75) is 0 Å². The molecule has 7 nitrogen and oxygen atoms in total. The molecule has 0 saturated heterocycles. The summed E-state index contributed by atoms with van der Waals surface area (Å²) in [6.07, 6.45) is 1.49. The van der Waals surface area contributed by atoms with Gasteiger partial charge in [0.1, 0.15) is 4.83 Å². The van der Waals surface area contributed by atoms with Crippen molar-refractivity contribution in [3.05, 3.63) is 46.8 Å². The molecule has 0 aliphatic carbocycles. The van der Waals surface area contributed by atoms with Gasteiger partial charge in [0.15, 0.2) is 4.96 Å². The lowest BCUT2D eigenvalue weighted by Gasteiger charge is -2.15. The minimum Gasteiger partial charge on any atom is -0.452 e. The molecule has 0 aliphatic rings. The Morgan fingerprint density at radius 1 is 1.27 bits per heavy atom. The third kappa shape index (κ3) is 2.80. The van der Waals surface area contributed by atoms with Crippen LogP contribution in [0.2, 0.25) is 0 Å². The van der Waals surface area contributed by atoms with Gasteiger partial charge in [-0.3, -0.25) is 14.1 Å². The van der Waals surface area contributed by atoms with Gasteiger partial charge in [-0.1, -0.05) is 0 Å². The Balaban J connectivity index is 1.52. The minimum absolute atomic E-state index is 0.189. The number of carbonyl (C=O) groups is 2. The highest BCUT2D eigenvalue weighted by molar-refractivity contribution is 7.21. The van der Waals surface area contributed by atoms with Crippen LogP contribution in [0.5, 0.6) is 0 Å². The summed E-state index contributed by atoms with van der Waals surface area (Å²) in [5.41, 5.74) is 2.25. The third-order valence-corrected chi connectivity index (χ3v) is 5.70. The summed E-state index contributed by atoms with van der Waals surface area (Å²) in [5.74, 6) is -0.189. The highest BCUT2D eigenvalue weighted by Gasteiger charge is 2.16. The Morgan fingerprint density at radius 2 is 2.04 bits per heavy atom. The predicted octanol–water partition coefficient (Wildman–Crippen LogP) is 4.07. The van der Waals surface area contributed by atoms with Crippen LogP contribution in [-0.4, -0.2) is 35.5 Å². The van der Waals surface area contributed by atoms with Gasteiger partial charge >= 0.3 is 6.09 Å². The number of amides is 2. The summed E-state index contributed by atoms with van der Waals surface area (Å²) >= 11 is 2.93. The van der Waals surface area contributed by atoms with Crippen LogP contribution in [0.3, 0.4) is 0 Å². The first-order valence-corrected chi connectivity index (χ1v) is 9.34. The molecule has 0 fully saturated rings. The zero-order valence-electron chi connectivity index (χ0n) is 13.9. The maximum atomic E-state index is 12.5. The van der Waals surface area contributed by atoms with E-state index in [1.807, 2.05) is 22.0 Å². The second-order valence-corrected chi connectivity index (χ2v) is 7.40. The van der Waals surface area contributed by atoms with Crippen molar-refractivity contribution in [3.8, 4) is 0 Å². The maximum Gasteiger partial charge on any atom is 0.413 e. The van der Waals surface area contributed by atoms with Gasteiger partial charge in [-0.25, -0.2) is 9.78 Å². The number of thiazole rings is 1. The number of nitrogens with zero attached hydrogens (tertiary/aromatic N) is 3. The molecular formula is C17H14N4O3S2. The van der Waals surface area contributed by atoms with Gasteiger partial charge < -0.3 is 10.1 Å². The van der Waals surface area contributed by atoms with E-state index in [1.54, 1.807) is 42.6 Å². The van der Waals surface area contributed by atoms with Gasteiger partial charge in [0.05, 0.1) is 17.5 Å². The Kier molecular flexibility index (Phi) is 4.09. The fourth-order valence-corrected chi connectivity index (χ4v) is 4.26. The molecule has 26 heavy (non-hydrogen) atoms. The molecule has 1 N–H and O–H groups in total. The first-order chi connectivity index (χ1) is 12.6. The van der Waals surface area contributed by atoms with E-state index in [0.717, 1.165) is 15.3 Å². The monoisotopic (exact) mass is 386 g/mol. The number of rotatable bonds is 3. The van der Waals surface area contributed by atoms with Gasteiger partial charge in [-0.15, -0.1) is 22.7 Å². The van der Waals surface area contributed by atoms with E-state index in [1.165, 1.54) is 23.3 Å². The van der Waals surface area contributed by atoms with Crippen molar-refractivity contribution in [3.63, 3.8) is 0 Å². The lowest BCUT2D eigenvalue weighted by molar-refractivity contribution is 0.103. The Hall–Kier alpha value is -2.91. The van der Waals surface area contributed by atoms with Crippen LogP contribution >= 0.6 is 22.7 Å². The SMILES string of the molecule is COC(=O)N(C)c1ccc(NC(=O)c2cc3c(nc4sccn43)s2)cc1. The zero-order chi connectivity index (χ0) is 18.3. The summed E-state index contributed by atoms with van der Waals surface area (Å²) in [6.45, 7) is 0. The number of thiophene rings is 1. The number of nitrogens with one attached hydrogen (secondary N) is 1. The van der Waals surface area contributed by atoms with Crippen LogP contribution in [0, 0.1) is 0 Å². The van der Waals surface area contributed by atoms with E-state index in [9.17, 15) is 9.59 Å². The number of imidazole rings is 1. The lowest BCUT2D eigenvalue weighted by Crippen LogP contribution is -2.25. The molecule has 1 aromatic carbocycles. The molecule has 0 saturated carbocycles. The van der Waals surface area contributed by atoms with Gasteiger partial charge in [-0.05, 0) is 30.3 Å². The van der Waals surface area contributed by atoms with Gasteiger partial charge in [0.2, 0.25) is 0 Å². The predicted molar refractivity (Wildman–Crippen MR) is 104 cm³/mol. The lowest BCUT2D eigenvalue weighted by atomic mass is 10.2. The molecule has 0 atom stereocenters. The molecule has 0 spiro atoms. The van der Waals surface area contributed by atoms with Crippen LogP contribution < -0.4 is 10.2 Å². The van der Waals surface area contributed by atoms with Gasteiger partial charge in [-0.2, -0.15) is 0 Å². The fourth-order valence-electron chi connectivity index (χ4n) is 2.56. The van der Waals surface area contributed by atoms with Gasteiger partial charge in [0.25, 0.3) is 5.91 Å². The molecule has 3 aromatic heterocycles.